The summed E-state index contributed by atoms with van der Waals surface area (Å²) < 4.78 is 6.42. The lowest BCUT2D eigenvalue weighted by molar-refractivity contribution is 0.0695. The fourth-order valence-electron chi connectivity index (χ4n) is 2.81. The maximum atomic E-state index is 12.6. The van der Waals surface area contributed by atoms with Crippen molar-refractivity contribution in [2.24, 2.45) is 0 Å². The minimum absolute atomic E-state index is 0.0675. The molecule has 0 saturated heterocycles. The Balaban J connectivity index is 2.25. The molecule has 2 heterocycles. The smallest absolute Gasteiger partial charge is 0.337 e. The van der Waals surface area contributed by atoms with Crippen LogP contribution in [0.2, 0.25) is 5.02 Å². The molecule has 7 nitrogen and oxygen atoms in total. The zero-order chi connectivity index (χ0) is 18.3. The van der Waals surface area contributed by atoms with E-state index < -0.39 is 11.5 Å². The molecule has 3 rings (SSSR count). The highest BCUT2D eigenvalue weighted by Crippen LogP contribution is 2.29. The zero-order valence-electron chi connectivity index (χ0n) is 13.8. The topological polar surface area (TPSA) is 96.7 Å². The molecule has 0 unspecified atom stereocenters. The molecule has 0 saturated carbocycles. The van der Waals surface area contributed by atoms with Gasteiger partial charge in [-0.3, -0.25) is 4.79 Å². The van der Waals surface area contributed by atoms with Crippen molar-refractivity contribution in [2.45, 2.75) is 19.8 Å². The van der Waals surface area contributed by atoms with Crippen molar-refractivity contribution < 1.29 is 14.6 Å². The Kier molecular flexibility index (Phi) is 4.26. The molecular weight excluding hydrogens is 346 g/mol. The Morgan fingerprint density at radius 1 is 1.40 bits per heavy atom. The average Bonchev–Trinajstić information content (AvgIpc) is 2.95. The van der Waals surface area contributed by atoms with Crippen LogP contribution in [0.3, 0.4) is 0 Å². The number of carbonyl (C=O) groups is 1. The Labute approximate surface area is 147 Å². The average molecular weight is 362 g/mol. The van der Waals surface area contributed by atoms with E-state index in [-0.39, 0.29) is 22.8 Å². The number of methoxy groups -OCH3 is 1. The molecule has 0 amide bonds. The second kappa shape index (κ2) is 6.25. The van der Waals surface area contributed by atoms with Gasteiger partial charge in [-0.25, -0.2) is 9.31 Å². The second-order valence-electron chi connectivity index (χ2n) is 5.86. The molecule has 3 aromatic rings. The lowest BCUT2D eigenvalue weighted by Crippen LogP contribution is -2.15. The number of hydrogen-bond acceptors (Lipinski definition) is 4. The fraction of sp³-hybridized carbons (Fsp3) is 0.235. The Hall–Kier alpha value is -2.80. The molecule has 0 atom stereocenters. The molecular formula is C17H16ClN3O4. The molecule has 8 heteroatoms. The lowest BCUT2D eigenvalue weighted by atomic mass is 10.0. The number of carboxylic acid groups (broad SMARTS) is 1. The number of benzene rings is 1. The predicted molar refractivity (Wildman–Crippen MR) is 93.9 cm³/mol. The van der Waals surface area contributed by atoms with Gasteiger partial charge >= 0.3 is 5.97 Å². The third-order valence-electron chi connectivity index (χ3n) is 3.91. The molecule has 130 valence electrons. The summed E-state index contributed by atoms with van der Waals surface area (Å²) in [4.78, 5) is 26.8. The molecule has 2 N–H and O–H groups in total. The number of ether oxygens (including phenoxy) is 1. The summed E-state index contributed by atoms with van der Waals surface area (Å²) in [6, 6.07) is 5.00. The fourth-order valence-corrected chi connectivity index (χ4v) is 3.07. The standard InChI is InChI=1S/C17H16ClN3O4/c1-8(2)13-10(17(23)24)7-21-14(13)16(22)19-15(20-21)9-4-5-12(25-3)11(18)6-9/h4-8H,1-3H3,(H,23,24)(H,19,20,22). The van der Waals surface area contributed by atoms with Crippen LogP contribution in [0, 0.1) is 0 Å². The second-order valence-corrected chi connectivity index (χ2v) is 6.27. The SMILES string of the molecule is COc1ccc(-c2nn3cc(C(=O)O)c(C(C)C)c3c(=O)[nH]2)cc1Cl. The first-order valence-electron chi connectivity index (χ1n) is 7.56. The highest BCUT2D eigenvalue weighted by Gasteiger charge is 2.22. The van der Waals surface area contributed by atoms with Crippen molar-refractivity contribution in [1.82, 2.24) is 14.6 Å². The van der Waals surface area contributed by atoms with Crippen molar-refractivity contribution in [1.29, 1.82) is 0 Å². The highest BCUT2D eigenvalue weighted by molar-refractivity contribution is 6.32. The third kappa shape index (κ3) is 2.87. The monoisotopic (exact) mass is 361 g/mol. The molecule has 2 aromatic heterocycles. The van der Waals surface area contributed by atoms with Crippen LogP contribution in [0.15, 0.2) is 29.2 Å². The van der Waals surface area contributed by atoms with Crippen molar-refractivity contribution >= 4 is 23.1 Å². The summed E-state index contributed by atoms with van der Waals surface area (Å²) in [7, 11) is 1.51. The number of halogens is 1. The van der Waals surface area contributed by atoms with Gasteiger partial charge in [-0.05, 0) is 24.1 Å². The van der Waals surface area contributed by atoms with Gasteiger partial charge in [0.25, 0.3) is 5.56 Å². The molecule has 0 aliphatic rings. The van der Waals surface area contributed by atoms with E-state index in [1.165, 1.54) is 17.8 Å². The largest absolute Gasteiger partial charge is 0.495 e. The van der Waals surface area contributed by atoms with Crippen molar-refractivity contribution in [3.63, 3.8) is 0 Å². The number of carboxylic acids is 1. The van der Waals surface area contributed by atoms with Crippen LogP contribution in [-0.2, 0) is 0 Å². The number of aromatic amines is 1. The van der Waals surface area contributed by atoms with Gasteiger partial charge in [0.1, 0.15) is 11.3 Å². The van der Waals surface area contributed by atoms with E-state index in [1.54, 1.807) is 18.2 Å². The number of aromatic carboxylic acids is 1. The van der Waals surface area contributed by atoms with Crippen LogP contribution in [0.1, 0.15) is 35.7 Å². The summed E-state index contributed by atoms with van der Waals surface area (Å²) in [5, 5.41) is 14.1. The summed E-state index contributed by atoms with van der Waals surface area (Å²) in [5.74, 6) is -0.447. The maximum absolute atomic E-state index is 12.6. The molecule has 0 aliphatic carbocycles. The van der Waals surface area contributed by atoms with Gasteiger partial charge in [-0.15, -0.1) is 5.10 Å². The highest BCUT2D eigenvalue weighted by atomic mass is 35.5. The quantitative estimate of drug-likeness (QED) is 0.744. The summed E-state index contributed by atoms with van der Waals surface area (Å²) in [5.41, 5.74) is 0.934. The van der Waals surface area contributed by atoms with E-state index in [2.05, 4.69) is 10.1 Å². The van der Waals surface area contributed by atoms with Crippen LogP contribution in [0.25, 0.3) is 16.9 Å². The van der Waals surface area contributed by atoms with Crippen LogP contribution >= 0.6 is 11.6 Å². The van der Waals surface area contributed by atoms with Gasteiger partial charge in [-0.1, -0.05) is 25.4 Å². The van der Waals surface area contributed by atoms with E-state index in [1.807, 2.05) is 13.8 Å². The van der Waals surface area contributed by atoms with E-state index >= 15 is 0 Å². The number of nitrogens with one attached hydrogen (secondary N) is 1. The number of rotatable bonds is 4. The lowest BCUT2D eigenvalue weighted by Gasteiger charge is -2.07. The van der Waals surface area contributed by atoms with Gasteiger partial charge < -0.3 is 14.8 Å². The summed E-state index contributed by atoms with van der Waals surface area (Å²) >= 11 is 6.12. The van der Waals surface area contributed by atoms with Crippen molar-refractivity contribution in [3.8, 4) is 17.1 Å². The van der Waals surface area contributed by atoms with Crippen molar-refractivity contribution in [3.05, 3.63) is 50.9 Å². The number of fused-ring (bicyclic) bond motifs is 1. The first-order chi connectivity index (χ1) is 11.8. The van der Waals surface area contributed by atoms with E-state index in [0.717, 1.165) is 0 Å². The molecule has 0 bridgehead atoms. The first-order valence-corrected chi connectivity index (χ1v) is 7.94. The molecule has 0 fully saturated rings. The van der Waals surface area contributed by atoms with Crippen molar-refractivity contribution in [2.75, 3.05) is 7.11 Å². The van der Waals surface area contributed by atoms with Crippen LogP contribution in [0.5, 0.6) is 5.75 Å². The number of H-pyrrole nitrogens is 1. The predicted octanol–water partition coefficient (Wildman–Crippen LogP) is 3.17. The normalized spacial score (nSPS) is 11.2. The third-order valence-corrected chi connectivity index (χ3v) is 4.21. The van der Waals surface area contributed by atoms with Crippen LogP contribution in [-0.4, -0.2) is 32.8 Å². The zero-order valence-corrected chi connectivity index (χ0v) is 14.6. The minimum atomic E-state index is -1.09. The number of aromatic nitrogens is 3. The van der Waals surface area contributed by atoms with E-state index in [0.29, 0.717) is 21.9 Å². The van der Waals surface area contributed by atoms with Gasteiger partial charge in [0.15, 0.2) is 5.82 Å². The van der Waals surface area contributed by atoms with Gasteiger partial charge in [0.05, 0.1) is 17.7 Å². The molecule has 0 radical (unpaired) electrons. The molecule has 1 aromatic carbocycles. The Morgan fingerprint density at radius 2 is 2.12 bits per heavy atom. The van der Waals surface area contributed by atoms with Crippen LogP contribution < -0.4 is 10.3 Å². The summed E-state index contributed by atoms with van der Waals surface area (Å²) in [6.45, 7) is 3.66. The Bertz CT molecular complexity index is 1040. The van der Waals surface area contributed by atoms with Crippen LogP contribution in [0.4, 0.5) is 0 Å². The van der Waals surface area contributed by atoms with Gasteiger partial charge in [0.2, 0.25) is 0 Å². The first kappa shape index (κ1) is 17.0. The summed E-state index contributed by atoms with van der Waals surface area (Å²) in [6.07, 6.45) is 1.36. The maximum Gasteiger partial charge on any atom is 0.337 e. The van der Waals surface area contributed by atoms with Gasteiger partial charge in [0, 0.05) is 17.3 Å². The molecule has 0 aliphatic heterocycles. The van der Waals surface area contributed by atoms with Gasteiger partial charge in [-0.2, -0.15) is 0 Å². The number of nitrogens with zero attached hydrogens (tertiary/aromatic N) is 2. The molecule has 0 spiro atoms. The molecule has 25 heavy (non-hydrogen) atoms. The van der Waals surface area contributed by atoms with E-state index in [4.69, 9.17) is 16.3 Å². The number of hydrogen-bond donors (Lipinski definition) is 2. The van der Waals surface area contributed by atoms with E-state index in [9.17, 15) is 14.7 Å². The minimum Gasteiger partial charge on any atom is -0.495 e. The Morgan fingerprint density at radius 3 is 2.68 bits per heavy atom.